The number of hydrogen-bond donors (Lipinski definition) is 2. The Hall–Kier alpha value is -2.38. The van der Waals surface area contributed by atoms with E-state index in [1.807, 2.05) is 0 Å². The number of anilines is 2. The first-order valence-corrected chi connectivity index (χ1v) is 5.75. The summed E-state index contributed by atoms with van der Waals surface area (Å²) in [5, 5.41) is 4.74. The van der Waals surface area contributed by atoms with Crippen molar-refractivity contribution in [3.63, 3.8) is 0 Å². The molecule has 0 saturated carbocycles. The molecular weight excluding hydrogens is 274 g/mol. The smallest absolute Gasteiger partial charge is 0.411 e. The number of benzene rings is 1. The van der Waals surface area contributed by atoms with Gasteiger partial charge in [-0.3, -0.25) is 10.6 Å². The fourth-order valence-electron chi connectivity index (χ4n) is 1.21. The third-order valence-corrected chi connectivity index (χ3v) is 2.00. The maximum absolute atomic E-state index is 11.8. The molecule has 1 aromatic carbocycles. The second kappa shape index (κ2) is 8.68. The van der Waals surface area contributed by atoms with E-state index in [9.17, 15) is 18.4 Å². The Morgan fingerprint density at radius 2 is 1.20 bits per heavy atom. The van der Waals surface area contributed by atoms with Crippen LogP contribution in [0, 0.1) is 0 Å². The lowest BCUT2D eigenvalue weighted by Crippen LogP contribution is -2.16. The van der Waals surface area contributed by atoms with Gasteiger partial charge in [-0.25, -0.2) is 18.4 Å². The van der Waals surface area contributed by atoms with E-state index in [0.29, 0.717) is 11.4 Å². The Morgan fingerprint density at radius 3 is 1.50 bits per heavy atom. The standard InChI is InChI=1S/C12H14F2N2O4/c13-5-7-19-11(17)15-9-1-2-10(4-3-9)16-12(18)20-8-6-14/h1-4H,5-8H2,(H,15,17)(H,16,18). The summed E-state index contributed by atoms with van der Waals surface area (Å²) >= 11 is 0. The average molecular weight is 288 g/mol. The molecule has 0 unspecified atom stereocenters. The van der Waals surface area contributed by atoms with Crippen LogP contribution in [0.15, 0.2) is 24.3 Å². The summed E-state index contributed by atoms with van der Waals surface area (Å²) in [6.07, 6.45) is -1.54. The summed E-state index contributed by atoms with van der Waals surface area (Å²) in [6, 6.07) is 6.01. The van der Waals surface area contributed by atoms with Crippen LogP contribution in [0.25, 0.3) is 0 Å². The van der Waals surface area contributed by atoms with Gasteiger partial charge in [0.05, 0.1) is 0 Å². The van der Waals surface area contributed by atoms with E-state index >= 15 is 0 Å². The highest BCUT2D eigenvalue weighted by molar-refractivity contribution is 5.87. The molecule has 0 heterocycles. The second-order valence-electron chi connectivity index (χ2n) is 3.48. The van der Waals surface area contributed by atoms with E-state index in [1.165, 1.54) is 24.3 Å². The Labute approximate surface area is 114 Å². The molecule has 0 saturated heterocycles. The van der Waals surface area contributed by atoms with E-state index in [1.54, 1.807) is 0 Å². The van der Waals surface area contributed by atoms with E-state index in [0.717, 1.165) is 0 Å². The number of ether oxygens (including phenoxy) is 2. The van der Waals surface area contributed by atoms with Crippen LogP contribution in [-0.2, 0) is 9.47 Å². The predicted molar refractivity (Wildman–Crippen MR) is 68.3 cm³/mol. The van der Waals surface area contributed by atoms with E-state index in [4.69, 9.17) is 0 Å². The monoisotopic (exact) mass is 288 g/mol. The Kier molecular flexibility index (Phi) is 6.80. The SMILES string of the molecule is O=C(Nc1ccc(NC(=O)OCCF)cc1)OCCF. The number of halogens is 2. The summed E-state index contributed by atoms with van der Waals surface area (Å²) in [5.41, 5.74) is 0.827. The highest BCUT2D eigenvalue weighted by Crippen LogP contribution is 2.14. The molecule has 0 fully saturated rings. The minimum atomic E-state index is -0.772. The Balaban J connectivity index is 2.43. The number of carbonyl (C=O) groups is 2. The van der Waals surface area contributed by atoms with Crippen molar-refractivity contribution in [3.05, 3.63) is 24.3 Å². The molecule has 0 aliphatic heterocycles. The molecule has 2 N–H and O–H groups in total. The van der Waals surface area contributed by atoms with Gasteiger partial charge in [0.1, 0.15) is 26.6 Å². The highest BCUT2D eigenvalue weighted by atomic mass is 19.1. The molecule has 0 spiro atoms. The van der Waals surface area contributed by atoms with Gasteiger partial charge < -0.3 is 9.47 Å². The van der Waals surface area contributed by atoms with Crippen molar-refractivity contribution in [1.29, 1.82) is 0 Å². The van der Waals surface area contributed by atoms with Crippen LogP contribution in [0.1, 0.15) is 0 Å². The van der Waals surface area contributed by atoms with Gasteiger partial charge in [-0.1, -0.05) is 0 Å². The minimum Gasteiger partial charge on any atom is -0.447 e. The highest BCUT2D eigenvalue weighted by Gasteiger charge is 2.05. The van der Waals surface area contributed by atoms with E-state index < -0.39 is 25.5 Å². The first-order chi connectivity index (χ1) is 9.65. The molecule has 0 atom stereocenters. The number of alkyl halides is 2. The van der Waals surface area contributed by atoms with Gasteiger partial charge in [-0.2, -0.15) is 0 Å². The molecule has 0 aliphatic rings. The number of nitrogens with one attached hydrogen (secondary N) is 2. The van der Waals surface area contributed by atoms with Crippen molar-refractivity contribution < 1.29 is 27.8 Å². The molecular formula is C12H14F2N2O4. The summed E-state index contributed by atoms with van der Waals surface area (Å²) < 4.78 is 32.5. The van der Waals surface area contributed by atoms with E-state index in [2.05, 4.69) is 20.1 Å². The summed E-state index contributed by atoms with van der Waals surface area (Å²) in [6.45, 7) is -2.13. The predicted octanol–water partition coefficient (Wildman–Crippen LogP) is 2.72. The van der Waals surface area contributed by atoms with Gasteiger partial charge >= 0.3 is 12.2 Å². The van der Waals surface area contributed by atoms with Crippen molar-refractivity contribution in [2.45, 2.75) is 0 Å². The minimum absolute atomic E-state index is 0.314. The van der Waals surface area contributed by atoms with Crippen molar-refractivity contribution >= 4 is 23.6 Å². The van der Waals surface area contributed by atoms with Crippen LogP contribution < -0.4 is 10.6 Å². The van der Waals surface area contributed by atoms with Crippen molar-refractivity contribution in [3.8, 4) is 0 Å². The number of hydrogen-bond acceptors (Lipinski definition) is 4. The lowest BCUT2D eigenvalue weighted by molar-refractivity contribution is 0.151. The molecule has 0 bridgehead atoms. The van der Waals surface area contributed by atoms with Gasteiger partial charge in [0.15, 0.2) is 0 Å². The molecule has 20 heavy (non-hydrogen) atoms. The van der Waals surface area contributed by atoms with Crippen molar-refractivity contribution in [1.82, 2.24) is 0 Å². The zero-order valence-corrected chi connectivity index (χ0v) is 10.5. The Bertz CT molecular complexity index is 399. The summed E-state index contributed by atoms with van der Waals surface area (Å²) in [5.74, 6) is 0. The van der Waals surface area contributed by atoms with Gasteiger partial charge in [0.2, 0.25) is 0 Å². The third kappa shape index (κ3) is 5.98. The maximum atomic E-state index is 11.8. The van der Waals surface area contributed by atoms with Crippen LogP contribution in [0.2, 0.25) is 0 Å². The number of carbonyl (C=O) groups excluding carboxylic acids is 2. The molecule has 0 radical (unpaired) electrons. The van der Waals surface area contributed by atoms with Crippen molar-refractivity contribution in [2.75, 3.05) is 37.2 Å². The maximum Gasteiger partial charge on any atom is 0.411 e. The second-order valence-corrected chi connectivity index (χ2v) is 3.48. The molecule has 2 amide bonds. The first-order valence-electron chi connectivity index (χ1n) is 5.75. The fourth-order valence-corrected chi connectivity index (χ4v) is 1.21. The molecule has 1 aromatic rings. The van der Waals surface area contributed by atoms with Crippen LogP contribution in [0.5, 0.6) is 0 Å². The number of amides is 2. The zero-order chi connectivity index (χ0) is 14.8. The number of rotatable bonds is 6. The first kappa shape index (κ1) is 15.7. The zero-order valence-electron chi connectivity index (χ0n) is 10.5. The van der Waals surface area contributed by atoms with Gasteiger partial charge in [0.25, 0.3) is 0 Å². The average Bonchev–Trinajstić information content (AvgIpc) is 2.45. The van der Waals surface area contributed by atoms with Gasteiger partial charge in [-0.05, 0) is 24.3 Å². The molecule has 8 heteroatoms. The third-order valence-electron chi connectivity index (χ3n) is 2.00. The molecule has 6 nitrogen and oxygen atoms in total. The lowest BCUT2D eigenvalue weighted by atomic mass is 10.3. The quantitative estimate of drug-likeness (QED) is 0.843. The van der Waals surface area contributed by atoms with E-state index in [-0.39, 0.29) is 13.2 Å². The van der Waals surface area contributed by atoms with Crippen LogP contribution in [0.4, 0.5) is 29.7 Å². The largest absolute Gasteiger partial charge is 0.447 e. The molecule has 0 aromatic heterocycles. The normalized spacial score (nSPS) is 9.70. The van der Waals surface area contributed by atoms with Crippen molar-refractivity contribution in [2.24, 2.45) is 0 Å². The fraction of sp³-hybridized carbons (Fsp3) is 0.333. The van der Waals surface area contributed by atoms with Gasteiger partial charge in [0, 0.05) is 11.4 Å². The molecule has 0 aliphatic carbocycles. The van der Waals surface area contributed by atoms with Gasteiger partial charge in [-0.15, -0.1) is 0 Å². The van der Waals surface area contributed by atoms with Crippen LogP contribution >= 0.6 is 0 Å². The summed E-state index contributed by atoms with van der Waals surface area (Å²) in [7, 11) is 0. The van der Waals surface area contributed by atoms with Crippen LogP contribution in [0.3, 0.4) is 0 Å². The summed E-state index contributed by atoms with van der Waals surface area (Å²) in [4.78, 5) is 22.3. The molecule has 1 rings (SSSR count). The topological polar surface area (TPSA) is 76.7 Å². The molecule has 110 valence electrons. The Morgan fingerprint density at radius 1 is 0.850 bits per heavy atom. The lowest BCUT2D eigenvalue weighted by Gasteiger charge is -2.08. The van der Waals surface area contributed by atoms with Crippen LogP contribution in [-0.4, -0.2) is 38.7 Å².